The van der Waals surface area contributed by atoms with Gasteiger partial charge in [-0.2, -0.15) is 0 Å². The van der Waals surface area contributed by atoms with Gasteiger partial charge in [0.2, 0.25) is 5.91 Å². The van der Waals surface area contributed by atoms with Gasteiger partial charge in [0, 0.05) is 24.6 Å². The lowest BCUT2D eigenvalue weighted by atomic mass is 10.0. The maximum absolute atomic E-state index is 13.1. The molecule has 2 heterocycles. The lowest BCUT2D eigenvalue weighted by molar-refractivity contribution is -0.121. The molecule has 1 fully saturated rings. The largest absolute Gasteiger partial charge is 0.323 e. The molecule has 29 heavy (non-hydrogen) atoms. The van der Waals surface area contributed by atoms with E-state index in [4.69, 9.17) is 0 Å². The zero-order valence-electron chi connectivity index (χ0n) is 16.2. The van der Waals surface area contributed by atoms with Crippen molar-refractivity contribution in [2.45, 2.75) is 19.4 Å². The van der Waals surface area contributed by atoms with Gasteiger partial charge >= 0.3 is 0 Å². The number of hydrogen-bond donors (Lipinski definition) is 0. The van der Waals surface area contributed by atoms with Crippen LogP contribution in [0.1, 0.15) is 21.6 Å². The van der Waals surface area contributed by atoms with Crippen LogP contribution in [0.2, 0.25) is 0 Å². The van der Waals surface area contributed by atoms with Gasteiger partial charge in [-0.25, -0.2) is 4.98 Å². The molecule has 1 aliphatic heterocycles. The molecule has 1 aromatic heterocycles. The number of aromatic nitrogens is 2. The molecule has 3 aromatic rings. The third-order valence-corrected chi connectivity index (χ3v) is 5.14. The SMILES string of the molecule is Cc1ccc(N2C[C@@H](Cc3ccccc3)N(C(=O)c3cnccn3)CC2=O)cc1. The molecule has 1 aliphatic rings. The first-order chi connectivity index (χ1) is 14.1. The van der Waals surface area contributed by atoms with E-state index in [1.165, 1.54) is 18.6 Å². The van der Waals surface area contributed by atoms with Crippen LogP contribution >= 0.6 is 0 Å². The van der Waals surface area contributed by atoms with Crippen molar-refractivity contribution >= 4 is 17.5 Å². The van der Waals surface area contributed by atoms with Gasteiger partial charge in [-0.05, 0) is 31.0 Å². The first-order valence-electron chi connectivity index (χ1n) is 9.60. The summed E-state index contributed by atoms with van der Waals surface area (Å²) in [7, 11) is 0. The molecule has 6 heteroatoms. The summed E-state index contributed by atoms with van der Waals surface area (Å²) in [5.41, 5.74) is 3.36. The molecule has 0 bridgehead atoms. The number of carbonyl (C=O) groups excluding carboxylic acids is 2. The van der Waals surface area contributed by atoms with Crippen molar-refractivity contribution in [3.05, 3.63) is 90.0 Å². The molecule has 2 aromatic carbocycles. The highest BCUT2D eigenvalue weighted by Gasteiger charge is 2.36. The Morgan fingerprint density at radius 2 is 1.83 bits per heavy atom. The van der Waals surface area contributed by atoms with Crippen LogP contribution in [0.25, 0.3) is 0 Å². The Bertz CT molecular complexity index is 990. The summed E-state index contributed by atoms with van der Waals surface area (Å²) in [4.78, 5) is 37.5. The zero-order valence-corrected chi connectivity index (χ0v) is 16.2. The second-order valence-electron chi connectivity index (χ2n) is 7.21. The normalized spacial score (nSPS) is 16.7. The third-order valence-electron chi connectivity index (χ3n) is 5.14. The summed E-state index contributed by atoms with van der Waals surface area (Å²) in [5, 5.41) is 0. The van der Waals surface area contributed by atoms with Crippen LogP contribution < -0.4 is 4.90 Å². The van der Waals surface area contributed by atoms with Crippen molar-refractivity contribution in [3.63, 3.8) is 0 Å². The van der Waals surface area contributed by atoms with Crippen molar-refractivity contribution < 1.29 is 9.59 Å². The number of aryl methyl sites for hydroxylation is 1. The smallest absolute Gasteiger partial charge is 0.274 e. The van der Waals surface area contributed by atoms with Gasteiger partial charge in [-0.1, -0.05) is 48.0 Å². The van der Waals surface area contributed by atoms with E-state index in [1.54, 1.807) is 9.80 Å². The van der Waals surface area contributed by atoms with Crippen LogP contribution in [0.15, 0.2) is 73.2 Å². The van der Waals surface area contributed by atoms with Crippen LogP contribution in [0.4, 0.5) is 5.69 Å². The van der Waals surface area contributed by atoms with E-state index in [2.05, 4.69) is 9.97 Å². The van der Waals surface area contributed by atoms with E-state index >= 15 is 0 Å². The molecule has 0 N–H and O–H groups in total. The fraction of sp³-hybridized carbons (Fsp3) is 0.217. The van der Waals surface area contributed by atoms with Gasteiger partial charge in [0.25, 0.3) is 5.91 Å². The van der Waals surface area contributed by atoms with Gasteiger partial charge in [-0.3, -0.25) is 14.6 Å². The minimum Gasteiger partial charge on any atom is -0.323 e. The molecule has 0 unspecified atom stereocenters. The molecule has 0 spiro atoms. The molecule has 1 atom stereocenters. The summed E-state index contributed by atoms with van der Waals surface area (Å²) < 4.78 is 0. The summed E-state index contributed by atoms with van der Waals surface area (Å²) in [6, 6.07) is 17.7. The Morgan fingerprint density at radius 1 is 1.07 bits per heavy atom. The fourth-order valence-electron chi connectivity index (χ4n) is 3.60. The second kappa shape index (κ2) is 8.22. The summed E-state index contributed by atoms with van der Waals surface area (Å²) >= 11 is 0. The van der Waals surface area contributed by atoms with Crippen LogP contribution in [-0.4, -0.2) is 45.8 Å². The highest BCUT2D eigenvalue weighted by atomic mass is 16.2. The molecular weight excluding hydrogens is 364 g/mol. The molecule has 1 saturated heterocycles. The predicted octanol–water partition coefficient (Wildman–Crippen LogP) is 2.89. The second-order valence-corrected chi connectivity index (χ2v) is 7.21. The minimum absolute atomic E-state index is 0.0147. The standard InChI is InChI=1S/C23H22N4O2/c1-17-7-9-19(10-8-17)26-15-20(13-18-5-3-2-4-6-18)27(16-22(26)28)23(29)21-14-24-11-12-25-21/h2-12,14,20H,13,15-16H2,1H3/t20-/m1/s1. The lowest BCUT2D eigenvalue weighted by Crippen LogP contribution is -2.59. The van der Waals surface area contributed by atoms with Crippen LogP contribution in [0.5, 0.6) is 0 Å². The molecule has 4 rings (SSSR count). The first-order valence-corrected chi connectivity index (χ1v) is 9.60. The van der Waals surface area contributed by atoms with Crippen molar-refractivity contribution in [1.82, 2.24) is 14.9 Å². The van der Waals surface area contributed by atoms with E-state index in [0.717, 1.165) is 16.8 Å². The van der Waals surface area contributed by atoms with Crippen molar-refractivity contribution in [2.24, 2.45) is 0 Å². The molecular formula is C23H22N4O2. The number of anilines is 1. The van der Waals surface area contributed by atoms with Crippen LogP contribution in [-0.2, 0) is 11.2 Å². The molecule has 2 amide bonds. The topological polar surface area (TPSA) is 66.4 Å². The van der Waals surface area contributed by atoms with E-state index in [-0.39, 0.29) is 30.1 Å². The fourth-order valence-corrected chi connectivity index (χ4v) is 3.60. The highest BCUT2D eigenvalue weighted by Crippen LogP contribution is 2.23. The summed E-state index contributed by atoms with van der Waals surface area (Å²) in [5.74, 6) is -0.369. The zero-order chi connectivity index (χ0) is 20.2. The van der Waals surface area contributed by atoms with Crippen LogP contribution in [0.3, 0.4) is 0 Å². The minimum atomic E-state index is -0.268. The average molecular weight is 386 g/mol. The van der Waals surface area contributed by atoms with Gasteiger partial charge in [0.1, 0.15) is 12.2 Å². The maximum Gasteiger partial charge on any atom is 0.274 e. The predicted molar refractivity (Wildman–Crippen MR) is 111 cm³/mol. The number of rotatable bonds is 4. The Hall–Kier alpha value is -3.54. The van der Waals surface area contributed by atoms with Gasteiger partial charge in [0.15, 0.2) is 0 Å². The van der Waals surface area contributed by atoms with E-state index in [0.29, 0.717) is 13.0 Å². The Labute approximate surface area is 169 Å². The summed E-state index contributed by atoms with van der Waals surface area (Å²) in [6.45, 7) is 2.46. The lowest BCUT2D eigenvalue weighted by Gasteiger charge is -2.41. The van der Waals surface area contributed by atoms with Gasteiger partial charge < -0.3 is 9.80 Å². The number of benzene rings is 2. The quantitative estimate of drug-likeness (QED) is 0.692. The van der Waals surface area contributed by atoms with E-state index in [9.17, 15) is 9.59 Å². The van der Waals surface area contributed by atoms with E-state index < -0.39 is 0 Å². The first kappa shape index (κ1) is 18.8. The molecule has 0 aliphatic carbocycles. The maximum atomic E-state index is 13.1. The van der Waals surface area contributed by atoms with Gasteiger partial charge in [-0.15, -0.1) is 0 Å². The molecule has 146 valence electrons. The van der Waals surface area contributed by atoms with Crippen LogP contribution in [0, 0.1) is 6.92 Å². The number of amides is 2. The molecule has 0 radical (unpaired) electrons. The number of hydrogen-bond acceptors (Lipinski definition) is 4. The van der Waals surface area contributed by atoms with Crippen molar-refractivity contribution in [2.75, 3.05) is 18.0 Å². The van der Waals surface area contributed by atoms with E-state index in [1.807, 2.05) is 61.5 Å². The Morgan fingerprint density at radius 3 is 2.52 bits per heavy atom. The van der Waals surface area contributed by atoms with Crippen molar-refractivity contribution in [1.29, 1.82) is 0 Å². The molecule has 0 saturated carbocycles. The number of nitrogens with zero attached hydrogens (tertiary/aromatic N) is 4. The number of carbonyl (C=O) groups is 2. The van der Waals surface area contributed by atoms with Gasteiger partial charge in [0.05, 0.1) is 12.2 Å². The highest BCUT2D eigenvalue weighted by molar-refractivity contribution is 6.01. The third kappa shape index (κ3) is 4.16. The number of piperazine rings is 1. The summed E-state index contributed by atoms with van der Waals surface area (Å²) in [6.07, 6.45) is 5.11. The molecule has 6 nitrogen and oxygen atoms in total. The Kier molecular flexibility index (Phi) is 5.33. The average Bonchev–Trinajstić information content (AvgIpc) is 2.76. The van der Waals surface area contributed by atoms with Crippen molar-refractivity contribution in [3.8, 4) is 0 Å². The monoisotopic (exact) mass is 386 g/mol. The Balaban J connectivity index is 1.64.